The maximum absolute atomic E-state index is 12.7. The minimum atomic E-state index is -0.342. The molecule has 0 fully saturated rings. The van der Waals surface area contributed by atoms with Crippen molar-refractivity contribution in [2.45, 2.75) is 26.3 Å². The summed E-state index contributed by atoms with van der Waals surface area (Å²) >= 11 is 0. The number of carbonyl (C=O) groups is 2. The number of nitrogens with one attached hydrogen (secondary N) is 2. The maximum Gasteiger partial charge on any atom is 0.337 e. The lowest BCUT2D eigenvalue weighted by molar-refractivity contribution is 0.0600. The Kier molecular flexibility index (Phi) is 5.46. The largest absolute Gasteiger partial charge is 0.465 e. The van der Waals surface area contributed by atoms with E-state index in [1.165, 1.54) is 7.11 Å². The highest BCUT2D eigenvalue weighted by atomic mass is 16.5. The van der Waals surface area contributed by atoms with Crippen molar-refractivity contribution in [3.05, 3.63) is 89.2 Å². The van der Waals surface area contributed by atoms with E-state index in [1.54, 1.807) is 30.5 Å². The molecule has 2 N–H and O–H groups in total. The first-order chi connectivity index (χ1) is 14.9. The number of hydrogen-bond acceptors (Lipinski definition) is 5. The lowest BCUT2D eigenvalue weighted by atomic mass is 9.72. The van der Waals surface area contributed by atoms with Crippen LogP contribution in [0.2, 0.25) is 0 Å². The zero-order chi connectivity index (χ0) is 22.0. The highest BCUT2D eigenvalue weighted by Gasteiger charge is 2.37. The van der Waals surface area contributed by atoms with Gasteiger partial charge in [0.25, 0.3) is 5.91 Å². The second kappa shape index (κ2) is 8.22. The first kappa shape index (κ1) is 20.6. The average molecular weight is 415 g/mol. The maximum atomic E-state index is 12.7. The van der Waals surface area contributed by atoms with Crippen molar-refractivity contribution in [3.63, 3.8) is 0 Å². The molecule has 0 saturated heterocycles. The van der Waals surface area contributed by atoms with Gasteiger partial charge in [0.2, 0.25) is 0 Å². The summed E-state index contributed by atoms with van der Waals surface area (Å²) in [6.45, 7) is 4.35. The number of ether oxygens (including phenoxy) is 1. The first-order valence-corrected chi connectivity index (χ1v) is 10.2. The normalized spacial score (nSPS) is 16.5. The van der Waals surface area contributed by atoms with Gasteiger partial charge in [-0.2, -0.15) is 0 Å². The van der Waals surface area contributed by atoms with E-state index in [-0.39, 0.29) is 23.3 Å². The fourth-order valence-corrected chi connectivity index (χ4v) is 4.11. The lowest BCUT2D eigenvalue weighted by Gasteiger charge is -2.42. The third-order valence-electron chi connectivity index (χ3n) is 5.67. The zero-order valence-corrected chi connectivity index (χ0v) is 17.8. The molecule has 1 unspecified atom stereocenters. The summed E-state index contributed by atoms with van der Waals surface area (Å²) in [5.74, 6) is -0.588. The molecule has 3 aromatic rings. The van der Waals surface area contributed by atoms with Gasteiger partial charge in [0.1, 0.15) is 5.69 Å². The third-order valence-corrected chi connectivity index (χ3v) is 5.67. The van der Waals surface area contributed by atoms with Crippen LogP contribution in [0, 0.1) is 5.41 Å². The fraction of sp³-hybridized carbons (Fsp3) is 0.240. The number of anilines is 2. The molecule has 0 spiro atoms. The summed E-state index contributed by atoms with van der Waals surface area (Å²) in [6.07, 6.45) is 2.37. The molecule has 0 bridgehead atoms. The van der Waals surface area contributed by atoms with Crippen molar-refractivity contribution in [2.75, 3.05) is 17.7 Å². The number of pyridine rings is 1. The van der Waals surface area contributed by atoms with Gasteiger partial charge >= 0.3 is 5.97 Å². The van der Waals surface area contributed by atoms with E-state index in [0.717, 1.165) is 28.9 Å². The Labute approximate surface area is 181 Å². The van der Waals surface area contributed by atoms with Gasteiger partial charge in [-0.1, -0.05) is 38.1 Å². The van der Waals surface area contributed by atoms with Crippen molar-refractivity contribution in [1.29, 1.82) is 0 Å². The van der Waals surface area contributed by atoms with Crippen LogP contribution >= 0.6 is 0 Å². The predicted octanol–water partition coefficient (Wildman–Crippen LogP) is 4.86. The van der Waals surface area contributed by atoms with Gasteiger partial charge in [-0.3, -0.25) is 9.78 Å². The number of carbonyl (C=O) groups excluding carboxylic acids is 2. The van der Waals surface area contributed by atoms with Crippen LogP contribution in [0.25, 0.3) is 0 Å². The zero-order valence-electron chi connectivity index (χ0n) is 17.8. The Bertz CT molecular complexity index is 1130. The van der Waals surface area contributed by atoms with Gasteiger partial charge in [-0.05, 0) is 59.4 Å². The van der Waals surface area contributed by atoms with Gasteiger partial charge in [0, 0.05) is 17.6 Å². The van der Waals surface area contributed by atoms with Crippen molar-refractivity contribution in [3.8, 4) is 0 Å². The molecule has 1 atom stereocenters. The molecule has 0 radical (unpaired) electrons. The molecule has 2 heterocycles. The molecule has 1 aromatic heterocycles. The van der Waals surface area contributed by atoms with Crippen LogP contribution in [-0.4, -0.2) is 24.0 Å². The topological polar surface area (TPSA) is 80.3 Å². The van der Waals surface area contributed by atoms with Crippen LogP contribution in [0.5, 0.6) is 0 Å². The van der Waals surface area contributed by atoms with E-state index in [2.05, 4.69) is 29.5 Å². The van der Waals surface area contributed by atoms with Crippen LogP contribution in [0.4, 0.5) is 11.4 Å². The summed E-state index contributed by atoms with van der Waals surface area (Å²) in [5, 5.41) is 6.64. The molecule has 6 heteroatoms. The summed E-state index contributed by atoms with van der Waals surface area (Å²) < 4.78 is 4.85. The Morgan fingerprint density at radius 3 is 2.61 bits per heavy atom. The molecule has 1 amide bonds. The number of nitrogens with zero attached hydrogens (tertiary/aromatic N) is 1. The minimum Gasteiger partial charge on any atom is -0.465 e. The van der Waals surface area contributed by atoms with Gasteiger partial charge in [0.05, 0.1) is 18.7 Å². The number of fused-ring (bicyclic) bond motifs is 1. The molecule has 0 saturated carbocycles. The van der Waals surface area contributed by atoms with Gasteiger partial charge in [-0.15, -0.1) is 0 Å². The molecular formula is C25H25N3O3. The van der Waals surface area contributed by atoms with Gasteiger partial charge < -0.3 is 15.4 Å². The molecule has 2 aromatic carbocycles. The third kappa shape index (κ3) is 4.14. The molecule has 1 aliphatic heterocycles. The van der Waals surface area contributed by atoms with E-state index in [0.29, 0.717) is 11.3 Å². The highest BCUT2D eigenvalue weighted by Crippen LogP contribution is 2.46. The number of benzene rings is 2. The second-order valence-electron chi connectivity index (χ2n) is 8.36. The molecule has 31 heavy (non-hydrogen) atoms. The van der Waals surface area contributed by atoms with Crippen molar-refractivity contribution in [2.24, 2.45) is 5.41 Å². The SMILES string of the molecule is COC(=O)c1ccc2c(c1)CC(C)(C)C(c1ccccc1NC(=O)c1ccccn1)N2. The standard InChI is InChI=1S/C25H25N3O3/c1-25(2)15-17-14-16(24(30)31-3)11-12-19(17)27-22(25)18-8-4-5-9-20(18)28-23(29)21-10-6-7-13-26-21/h4-14,22,27H,15H2,1-3H3,(H,28,29). The molecular weight excluding hydrogens is 390 g/mol. The first-order valence-electron chi connectivity index (χ1n) is 10.2. The van der Waals surface area contributed by atoms with Crippen molar-refractivity contribution >= 4 is 23.3 Å². The average Bonchev–Trinajstić information content (AvgIpc) is 2.78. The monoisotopic (exact) mass is 415 g/mol. The molecule has 1 aliphatic rings. The predicted molar refractivity (Wildman–Crippen MR) is 120 cm³/mol. The van der Waals surface area contributed by atoms with E-state index < -0.39 is 0 Å². The Hall–Kier alpha value is -3.67. The smallest absolute Gasteiger partial charge is 0.337 e. The molecule has 6 nitrogen and oxygen atoms in total. The number of aromatic nitrogens is 1. The second-order valence-corrected chi connectivity index (χ2v) is 8.36. The molecule has 0 aliphatic carbocycles. The van der Waals surface area contributed by atoms with E-state index >= 15 is 0 Å². The van der Waals surface area contributed by atoms with Crippen molar-refractivity contribution in [1.82, 2.24) is 4.98 Å². The Morgan fingerprint density at radius 2 is 1.87 bits per heavy atom. The number of para-hydroxylation sites is 1. The fourth-order valence-electron chi connectivity index (χ4n) is 4.11. The lowest BCUT2D eigenvalue weighted by Crippen LogP contribution is -2.35. The molecule has 158 valence electrons. The van der Waals surface area contributed by atoms with E-state index in [1.807, 2.05) is 36.4 Å². The number of rotatable bonds is 4. The number of hydrogen-bond donors (Lipinski definition) is 2. The summed E-state index contributed by atoms with van der Waals surface area (Å²) in [4.78, 5) is 28.8. The quantitative estimate of drug-likeness (QED) is 0.595. The Morgan fingerprint density at radius 1 is 1.10 bits per heavy atom. The molecule has 4 rings (SSSR count). The van der Waals surface area contributed by atoms with Crippen molar-refractivity contribution < 1.29 is 14.3 Å². The van der Waals surface area contributed by atoms with Crippen LogP contribution in [0.3, 0.4) is 0 Å². The van der Waals surface area contributed by atoms with Gasteiger partial charge in [0.15, 0.2) is 0 Å². The van der Waals surface area contributed by atoms with Crippen LogP contribution < -0.4 is 10.6 Å². The summed E-state index contributed by atoms with van der Waals surface area (Å²) in [5.41, 5.74) is 4.53. The summed E-state index contributed by atoms with van der Waals surface area (Å²) in [7, 11) is 1.39. The van der Waals surface area contributed by atoms with Crippen LogP contribution in [0.1, 0.15) is 51.9 Å². The van der Waals surface area contributed by atoms with E-state index in [4.69, 9.17) is 4.74 Å². The number of methoxy groups -OCH3 is 1. The Balaban J connectivity index is 1.66. The summed E-state index contributed by atoms with van der Waals surface area (Å²) in [6, 6.07) is 18.6. The van der Waals surface area contributed by atoms with Gasteiger partial charge in [-0.25, -0.2) is 4.79 Å². The number of amides is 1. The van der Waals surface area contributed by atoms with Crippen LogP contribution in [0.15, 0.2) is 66.9 Å². The van der Waals surface area contributed by atoms with Crippen LogP contribution in [-0.2, 0) is 11.2 Å². The number of esters is 1. The minimum absolute atomic E-state index is 0.0378. The highest BCUT2D eigenvalue weighted by molar-refractivity contribution is 6.03. The van der Waals surface area contributed by atoms with E-state index in [9.17, 15) is 9.59 Å².